The summed E-state index contributed by atoms with van der Waals surface area (Å²) >= 11 is 5.86. The average Bonchev–Trinajstić information content (AvgIpc) is 3.17. The topological polar surface area (TPSA) is 91.7 Å². The van der Waals surface area contributed by atoms with Gasteiger partial charge in [0.25, 0.3) is 5.91 Å². The molecule has 0 aliphatic carbocycles. The lowest BCUT2D eigenvalue weighted by Crippen LogP contribution is -2.31. The van der Waals surface area contributed by atoms with E-state index in [0.717, 1.165) is 4.90 Å². The van der Waals surface area contributed by atoms with Crippen molar-refractivity contribution < 1.29 is 18.8 Å². The minimum absolute atomic E-state index is 0.0723. The number of anilines is 1. The van der Waals surface area contributed by atoms with Crippen molar-refractivity contribution in [2.75, 3.05) is 5.32 Å². The van der Waals surface area contributed by atoms with Crippen LogP contribution in [-0.4, -0.2) is 28.8 Å². The maximum atomic E-state index is 12.3. The van der Waals surface area contributed by atoms with E-state index in [9.17, 15) is 14.4 Å². The van der Waals surface area contributed by atoms with Gasteiger partial charge in [0.15, 0.2) is 0 Å². The third-order valence-corrected chi connectivity index (χ3v) is 4.00. The highest BCUT2D eigenvalue weighted by molar-refractivity contribution is 6.30. The fraction of sp³-hybridized carbons (Fsp3) is 0.235. The zero-order chi connectivity index (χ0) is 17.8. The van der Waals surface area contributed by atoms with Crippen LogP contribution in [-0.2, 0) is 16.1 Å². The minimum atomic E-state index is -0.715. The molecule has 2 heterocycles. The summed E-state index contributed by atoms with van der Waals surface area (Å²) in [6.07, 6.45) is 1.79. The van der Waals surface area contributed by atoms with Gasteiger partial charge < -0.3 is 15.1 Å². The maximum absolute atomic E-state index is 12.3. The van der Waals surface area contributed by atoms with E-state index in [0.29, 0.717) is 16.5 Å². The molecule has 0 radical (unpaired) electrons. The third-order valence-electron chi connectivity index (χ3n) is 3.77. The Morgan fingerprint density at radius 3 is 2.84 bits per heavy atom. The largest absolute Gasteiger partial charge is 0.467 e. The molecule has 0 saturated carbocycles. The summed E-state index contributed by atoms with van der Waals surface area (Å²) < 4.78 is 5.15. The monoisotopic (exact) mass is 361 g/mol. The molecule has 2 N–H and O–H groups in total. The molecule has 1 fully saturated rings. The van der Waals surface area contributed by atoms with E-state index in [-0.39, 0.29) is 31.2 Å². The van der Waals surface area contributed by atoms with Gasteiger partial charge in [-0.3, -0.25) is 14.5 Å². The summed E-state index contributed by atoms with van der Waals surface area (Å²) in [4.78, 5) is 37.3. The number of hydrogen-bond donors (Lipinski definition) is 2. The number of urea groups is 1. The number of rotatable bonds is 6. The van der Waals surface area contributed by atoms with Crippen LogP contribution in [0.4, 0.5) is 10.5 Å². The van der Waals surface area contributed by atoms with Crippen molar-refractivity contribution in [2.24, 2.45) is 0 Å². The number of furan rings is 1. The first kappa shape index (κ1) is 17.0. The van der Waals surface area contributed by atoms with E-state index >= 15 is 0 Å². The van der Waals surface area contributed by atoms with Crippen molar-refractivity contribution in [3.8, 4) is 0 Å². The summed E-state index contributed by atoms with van der Waals surface area (Å²) in [5.74, 6) is -0.103. The van der Waals surface area contributed by atoms with E-state index < -0.39 is 12.1 Å². The van der Waals surface area contributed by atoms with Crippen LogP contribution in [0.2, 0.25) is 5.02 Å². The van der Waals surface area contributed by atoms with Gasteiger partial charge in [-0.1, -0.05) is 17.7 Å². The molecule has 0 spiro atoms. The summed E-state index contributed by atoms with van der Waals surface area (Å²) in [7, 11) is 0. The van der Waals surface area contributed by atoms with Gasteiger partial charge in [-0.2, -0.15) is 0 Å². The molecule has 1 aromatic carbocycles. The predicted molar refractivity (Wildman–Crippen MR) is 90.9 cm³/mol. The minimum Gasteiger partial charge on any atom is -0.467 e. The number of imide groups is 1. The third kappa shape index (κ3) is 4.19. The second-order valence-electron chi connectivity index (χ2n) is 5.60. The summed E-state index contributed by atoms with van der Waals surface area (Å²) in [6, 6.07) is 8.96. The highest BCUT2D eigenvalue weighted by atomic mass is 35.5. The molecule has 4 amide bonds. The Kier molecular flexibility index (Phi) is 5.04. The fourth-order valence-corrected chi connectivity index (χ4v) is 2.74. The van der Waals surface area contributed by atoms with Crippen LogP contribution in [0.1, 0.15) is 18.6 Å². The quantitative estimate of drug-likeness (QED) is 0.774. The molecule has 1 aliphatic heterocycles. The Bertz CT molecular complexity index is 791. The van der Waals surface area contributed by atoms with Crippen LogP contribution in [0.3, 0.4) is 0 Å². The zero-order valence-corrected chi connectivity index (χ0v) is 14.0. The molecule has 1 atom stereocenters. The van der Waals surface area contributed by atoms with Gasteiger partial charge in [0.1, 0.15) is 11.8 Å². The Morgan fingerprint density at radius 2 is 2.12 bits per heavy atom. The molecule has 1 aliphatic rings. The molecule has 25 heavy (non-hydrogen) atoms. The first-order chi connectivity index (χ1) is 12.0. The Hall–Kier alpha value is -2.80. The second-order valence-corrected chi connectivity index (χ2v) is 6.04. The van der Waals surface area contributed by atoms with Crippen LogP contribution >= 0.6 is 11.6 Å². The van der Waals surface area contributed by atoms with Gasteiger partial charge >= 0.3 is 6.03 Å². The van der Waals surface area contributed by atoms with Crippen molar-refractivity contribution >= 4 is 35.1 Å². The molecule has 1 saturated heterocycles. The van der Waals surface area contributed by atoms with Gasteiger partial charge in [-0.15, -0.1) is 0 Å². The Morgan fingerprint density at radius 1 is 1.28 bits per heavy atom. The van der Waals surface area contributed by atoms with E-state index in [1.165, 1.54) is 6.26 Å². The van der Waals surface area contributed by atoms with E-state index in [1.807, 2.05) is 0 Å². The predicted octanol–water partition coefficient (Wildman–Crippen LogP) is 2.77. The first-order valence-corrected chi connectivity index (χ1v) is 8.10. The van der Waals surface area contributed by atoms with Gasteiger partial charge in [-0.25, -0.2) is 4.79 Å². The zero-order valence-electron chi connectivity index (χ0n) is 13.2. The summed E-state index contributed by atoms with van der Waals surface area (Å²) in [5, 5.41) is 5.81. The van der Waals surface area contributed by atoms with Crippen LogP contribution < -0.4 is 10.6 Å². The Balaban J connectivity index is 1.52. The van der Waals surface area contributed by atoms with Crippen molar-refractivity contribution in [1.82, 2.24) is 10.2 Å². The molecule has 2 aromatic rings. The van der Waals surface area contributed by atoms with Gasteiger partial charge in [0.05, 0.1) is 12.8 Å². The van der Waals surface area contributed by atoms with E-state index in [1.54, 1.807) is 36.4 Å². The second kappa shape index (κ2) is 7.40. The molecule has 1 aromatic heterocycles. The molecule has 130 valence electrons. The molecule has 3 rings (SSSR count). The standard InChI is InChI=1S/C17H16ClN3O4/c18-11-3-1-4-12(9-11)19-15(22)7-6-14-16(23)21(17(24)20-14)10-13-5-2-8-25-13/h1-5,8-9,14H,6-7,10H2,(H,19,22)(H,20,24)/t14-/m0/s1. The normalized spacial score (nSPS) is 16.8. The van der Waals surface area contributed by atoms with Crippen molar-refractivity contribution in [1.29, 1.82) is 0 Å². The highest BCUT2D eigenvalue weighted by Gasteiger charge is 2.38. The first-order valence-electron chi connectivity index (χ1n) is 7.72. The molecule has 7 nitrogen and oxygen atoms in total. The van der Waals surface area contributed by atoms with E-state index in [2.05, 4.69) is 10.6 Å². The summed E-state index contributed by atoms with van der Waals surface area (Å²) in [6.45, 7) is 0.0723. The molecule has 8 heteroatoms. The van der Waals surface area contributed by atoms with Crippen LogP contribution in [0.25, 0.3) is 0 Å². The van der Waals surface area contributed by atoms with Crippen molar-refractivity contribution in [3.63, 3.8) is 0 Å². The maximum Gasteiger partial charge on any atom is 0.325 e. The molecular weight excluding hydrogens is 346 g/mol. The number of carbonyl (C=O) groups is 3. The molecule has 0 bridgehead atoms. The van der Waals surface area contributed by atoms with Gasteiger partial charge in [0, 0.05) is 17.1 Å². The number of hydrogen-bond acceptors (Lipinski definition) is 4. The van der Waals surface area contributed by atoms with Crippen LogP contribution in [0.15, 0.2) is 47.1 Å². The lowest BCUT2D eigenvalue weighted by molar-refractivity contribution is -0.128. The SMILES string of the molecule is O=C(CC[C@@H]1NC(=O)N(Cc2ccco2)C1=O)Nc1cccc(Cl)c1. The van der Waals surface area contributed by atoms with Crippen molar-refractivity contribution in [3.05, 3.63) is 53.4 Å². The van der Waals surface area contributed by atoms with Crippen LogP contribution in [0.5, 0.6) is 0 Å². The van der Waals surface area contributed by atoms with Gasteiger partial charge in [0.2, 0.25) is 5.91 Å². The number of nitrogens with zero attached hydrogens (tertiary/aromatic N) is 1. The van der Waals surface area contributed by atoms with Gasteiger partial charge in [-0.05, 0) is 36.8 Å². The van der Waals surface area contributed by atoms with E-state index in [4.69, 9.17) is 16.0 Å². The van der Waals surface area contributed by atoms with Crippen LogP contribution in [0, 0.1) is 0 Å². The fourth-order valence-electron chi connectivity index (χ4n) is 2.55. The number of carbonyl (C=O) groups excluding carboxylic acids is 3. The summed E-state index contributed by atoms with van der Waals surface area (Å²) in [5.41, 5.74) is 0.582. The lowest BCUT2D eigenvalue weighted by Gasteiger charge is -2.11. The molecule has 0 unspecified atom stereocenters. The number of benzene rings is 1. The number of halogens is 1. The average molecular weight is 362 g/mol. The molecular formula is C17H16ClN3O4. The Labute approximate surface area is 148 Å². The van der Waals surface area contributed by atoms with Crippen molar-refractivity contribution in [2.45, 2.75) is 25.4 Å². The number of amides is 4. The lowest BCUT2D eigenvalue weighted by atomic mass is 10.1. The highest BCUT2D eigenvalue weighted by Crippen LogP contribution is 2.17. The number of nitrogens with one attached hydrogen (secondary N) is 2. The smallest absolute Gasteiger partial charge is 0.325 e.